The standard InChI is InChI=1S/C22H19FN2O3S/c23-17-9-12-20-16(14-17)8-13-21(20)24-22(26)15-6-10-19(11-7-15)29(27,28)25-18-4-2-1-3-5-18/h1-7,9-12,14,21,25H,8,13H2,(H,24,26). The molecule has 1 unspecified atom stereocenters. The molecule has 0 heterocycles. The molecule has 0 saturated carbocycles. The Labute approximate surface area is 168 Å². The molecule has 0 spiro atoms. The van der Waals surface area contributed by atoms with Crippen LogP contribution in [0.25, 0.3) is 0 Å². The van der Waals surface area contributed by atoms with E-state index in [0.29, 0.717) is 24.1 Å². The molecule has 1 aliphatic rings. The molecule has 0 fully saturated rings. The number of aryl methyl sites for hydroxylation is 1. The number of rotatable bonds is 5. The number of hydrogen-bond donors (Lipinski definition) is 2. The van der Waals surface area contributed by atoms with Gasteiger partial charge < -0.3 is 5.32 Å². The molecule has 0 radical (unpaired) electrons. The van der Waals surface area contributed by atoms with Crippen molar-refractivity contribution in [3.05, 3.63) is 95.3 Å². The minimum atomic E-state index is -3.74. The second kappa shape index (κ2) is 7.67. The number of nitrogens with one attached hydrogen (secondary N) is 2. The Morgan fingerprint density at radius 2 is 1.69 bits per heavy atom. The molecule has 3 aromatic rings. The lowest BCUT2D eigenvalue weighted by Crippen LogP contribution is -2.27. The van der Waals surface area contributed by atoms with Crippen molar-refractivity contribution in [2.24, 2.45) is 0 Å². The van der Waals surface area contributed by atoms with Gasteiger partial charge in [-0.25, -0.2) is 12.8 Å². The van der Waals surface area contributed by atoms with Crippen molar-refractivity contribution >= 4 is 21.6 Å². The van der Waals surface area contributed by atoms with Gasteiger partial charge in [0.2, 0.25) is 0 Å². The number of benzene rings is 3. The Morgan fingerprint density at radius 1 is 0.966 bits per heavy atom. The Kier molecular flexibility index (Phi) is 5.07. The van der Waals surface area contributed by atoms with E-state index in [2.05, 4.69) is 10.0 Å². The maximum absolute atomic E-state index is 13.3. The number of fused-ring (bicyclic) bond motifs is 1. The number of para-hydroxylation sites is 1. The van der Waals surface area contributed by atoms with Crippen LogP contribution >= 0.6 is 0 Å². The fraction of sp³-hybridized carbons (Fsp3) is 0.136. The molecule has 1 atom stereocenters. The topological polar surface area (TPSA) is 75.3 Å². The zero-order chi connectivity index (χ0) is 20.4. The number of sulfonamides is 1. The quantitative estimate of drug-likeness (QED) is 0.667. The normalized spacial score (nSPS) is 15.6. The minimum absolute atomic E-state index is 0.0691. The van der Waals surface area contributed by atoms with E-state index in [1.54, 1.807) is 36.4 Å². The van der Waals surface area contributed by atoms with Crippen LogP contribution in [-0.4, -0.2) is 14.3 Å². The van der Waals surface area contributed by atoms with Crippen LogP contribution in [0.2, 0.25) is 0 Å². The predicted molar refractivity (Wildman–Crippen MR) is 109 cm³/mol. The molecule has 2 N–H and O–H groups in total. The Balaban J connectivity index is 1.46. The van der Waals surface area contributed by atoms with E-state index in [9.17, 15) is 17.6 Å². The summed E-state index contributed by atoms with van der Waals surface area (Å²) in [5.41, 5.74) is 2.65. The van der Waals surface area contributed by atoms with Crippen molar-refractivity contribution in [1.82, 2.24) is 5.32 Å². The number of carbonyl (C=O) groups excluding carboxylic acids is 1. The SMILES string of the molecule is O=C(NC1CCc2cc(F)ccc21)c1ccc(S(=O)(=O)Nc2ccccc2)cc1. The lowest BCUT2D eigenvalue weighted by Gasteiger charge is -2.14. The lowest BCUT2D eigenvalue weighted by molar-refractivity contribution is 0.0936. The molecular formula is C22H19FN2O3S. The van der Waals surface area contributed by atoms with E-state index in [0.717, 1.165) is 11.1 Å². The van der Waals surface area contributed by atoms with Crippen LogP contribution in [0.15, 0.2) is 77.7 Å². The highest BCUT2D eigenvalue weighted by Crippen LogP contribution is 2.31. The average Bonchev–Trinajstić information content (AvgIpc) is 3.10. The molecule has 7 heteroatoms. The van der Waals surface area contributed by atoms with Crippen LogP contribution in [0.4, 0.5) is 10.1 Å². The van der Waals surface area contributed by atoms with Gasteiger partial charge in [-0.1, -0.05) is 24.3 Å². The fourth-order valence-electron chi connectivity index (χ4n) is 3.48. The number of hydrogen-bond acceptors (Lipinski definition) is 3. The first-order valence-electron chi connectivity index (χ1n) is 9.19. The first-order valence-corrected chi connectivity index (χ1v) is 10.7. The fourth-order valence-corrected chi connectivity index (χ4v) is 4.54. The largest absolute Gasteiger partial charge is 0.345 e. The van der Waals surface area contributed by atoms with Gasteiger partial charge >= 0.3 is 0 Å². The van der Waals surface area contributed by atoms with Crippen molar-refractivity contribution < 1.29 is 17.6 Å². The average molecular weight is 410 g/mol. The molecule has 4 rings (SSSR count). The Hall–Kier alpha value is -3.19. The molecule has 5 nitrogen and oxygen atoms in total. The van der Waals surface area contributed by atoms with Gasteiger partial charge in [0.1, 0.15) is 5.82 Å². The van der Waals surface area contributed by atoms with Gasteiger partial charge in [-0.2, -0.15) is 0 Å². The van der Waals surface area contributed by atoms with E-state index < -0.39 is 10.0 Å². The number of carbonyl (C=O) groups is 1. The molecule has 0 aliphatic heterocycles. The first kappa shape index (κ1) is 19.1. The molecule has 0 aromatic heterocycles. The summed E-state index contributed by atoms with van der Waals surface area (Å²) in [6.07, 6.45) is 1.42. The van der Waals surface area contributed by atoms with E-state index >= 15 is 0 Å². The monoisotopic (exact) mass is 410 g/mol. The summed E-state index contributed by atoms with van der Waals surface area (Å²) in [7, 11) is -3.74. The summed E-state index contributed by atoms with van der Waals surface area (Å²) < 4.78 is 40.8. The summed E-state index contributed by atoms with van der Waals surface area (Å²) in [5, 5.41) is 2.94. The third-order valence-corrected chi connectivity index (χ3v) is 6.34. The molecule has 0 saturated heterocycles. The molecule has 0 bridgehead atoms. The van der Waals surface area contributed by atoms with Gasteiger partial charge in [0.15, 0.2) is 0 Å². The molecule has 3 aromatic carbocycles. The summed E-state index contributed by atoms with van der Waals surface area (Å²) >= 11 is 0. The maximum Gasteiger partial charge on any atom is 0.261 e. The van der Waals surface area contributed by atoms with Crippen molar-refractivity contribution in [2.75, 3.05) is 4.72 Å². The van der Waals surface area contributed by atoms with Crippen molar-refractivity contribution in [3.63, 3.8) is 0 Å². The van der Waals surface area contributed by atoms with E-state index in [4.69, 9.17) is 0 Å². The zero-order valence-corrected chi connectivity index (χ0v) is 16.2. The third kappa shape index (κ3) is 4.14. The van der Waals surface area contributed by atoms with Crippen molar-refractivity contribution in [2.45, 2.75) is 23.8 Å². The Bertz CT molecular complexity index is 1150. The van der Waals surface area contributed by atoms with Gasteiger partial charge in [-0.05, 0) is 72.5 Å². The summed E-state index contributed by atoms with van der Waals surface area (Å²) in [5.74, 6) is -0.580. The second-order valence-electron chi connectivity index (χ2n) is 6.90. The summed E-state index contributed by atoms with van der Waals surface area (Å²) in [4.78, 5) is 12.6. The molecule has 148 valence electrons. The Morgan fingerprint density at radius 3 is 2.41 bits per heavy atom. The van der Waals surface area contributed by atoms with Crippen LogP contribution in [-0.2, 0) is 16.4 Å². The van der Waals surface area contributed by atoms with Gasteiger partial charge in [0, 0.05) is 11.3 Å². The zero-order valence-electron chi connectivity index (χ0n) is 15.4. The van der Waals surface area contributed by atoms with Crippen LogP contribution in [0.5, 0.6) is 0 Å². The molecule has 1 aliphatic carbocycles. The maximum atomic E-state index is 13.3. The smallest absolute Gasteiger partial charge is 0.261 e. The van der Waals surface area contributed by atoms with Crippen molar-refractivity contribution in [3.8, 4) is 0 Å². The predicted octanol–water partition coefficient (Wildman–Crippen LogP) is 4.04. The highest BCUT2D eigenvalue weighted by molar-refractivity contribution is 7.92. The van der Waals surface area contributed by atoms with Crippen LogP contribution in [0.3, 0.4) is 0 Å². The van der Waals surface area contributed by atoms with Crippen LogP contribution in [0, 0.1) is 5.82 Å². The van der Waals surface area contributed by atoms with Gasteiger partial charge in [-0.15, -0.1) is 0 Å². The number of anilines is 1. The molecule has 1 amide bonds. The number of halogens is 1. The lowest BCUT2D eigenvalue weighted by atomic mass is 10.1. The van der Waals surface area contributed by atoms with Crippen LogP contribution < -0.4 is 10.0 Å². The van der Waals surface area contributed by atoms with Gasteiger partial charge in [0.25, 0.3) is 15.9 Å². The summed E-state index contributed by atoms with van der Waals surface area (Å²) in [6, 6.07) is 18.8. The van der Waals surface area contributed by atoms with E-state index in [1.807, 2.05) is 0 Å². The highest BCUT2D eigenvalue weighted by Gasteiger charge is 2.25. The van der Waals surface area contributed by atoms with E-state index in [-0.39, 0.29) is 22.7 Å². The second-order valence-corrected chi connectivity index (χ2v) is 8.59. The molecule has 29 heavy (non-hydrogen) atoms. The third-order valence-electron chi connectivity index (χ3n) is 4.94. The summed E-state index contributed by atoms with van der Waals surface area (Å²) in [6.45, 7) is 0. The first-order chi connectivity index (χ1) is 13.9. The minimum Gasteiger partial charge on any atom is -0.345 e. The van der Waals surface area contributed by atoms with E-state index in [1.165, 1.54) is 36.4 Å². The van der Waals surface area contributed by atoms with Crippen LogP contribution in [0.1, 0.15) is 33.9 Å². The van der Waals surface area contributed by atoms with Gasteiger partial charge in [-0.3, -0.25) is 9.52 Å². The van der Waals surface area contributed by atoms with Crippen molar-refractivity contribution in [1.29, 1.82) is 0 Å². The highest BCUT2D eigenvalue weighted by atomic mass is 32.2. The molecular weight excluding hydrogens is 391 g/mol. The van der Waals surface area contributed by atoms with Gasteiger partial charge in [0.05, 0.1) is 10.9 Å². The number of amides is 1.